The summed E-state index contributed by atoms with van der Waals surface area (Å²) >= 11 is 6.56. The van der Waals surface area contributed by atoms with Crippen LogP contribution in [0.5, 0.6) is 0 Å². The molecule has 8 heteroatoms. The maximum atomic E-state index is 12.6. The van der Waals surface area contributed by atoms with Crippen molar-refractivity contribution in [3.05, 3.63) is 70.0 Å². The summed E-state index contributed by atoms with van der Waals surface area (Å²) in [5.74, 6) is -0.711. The Morgan fingerprint density at radius 3 is 2.36 bits per heavy atom. The van der Waals surface area contributed by atoms with Crippen molar-refractivity contribution in [2.24, 2.45) is 11.3 Å². The fraction of sp³-hybridized carbons (Fsp3) is 0.559. The molecule has 0 radical (unpaired) electrons. The molecule has 3 aliphatic rings. The molecule has 2 heterocycles. The summed E-state index contributed by atoms with van der Waals surface area (Å²) in [7, 11) is 0. The average Bonchev–Trinajstić information content (AvgIpc) is 2.98. The number of halogens is 1. The molecule has 0 aromatic carbocycles. The monoisotopic (exact) mass is 601 g/mol. The molecular formula is C34H52ClN3O4. The van der Waals surface area contributed by atoms with Gasteiger partial charge in [0.05, 0.1) is 0 Å². The van der Waals surface area contributed by atoms with Gasteiger partial charge in [0.1, 0.15) is 6.61 Å². The van der Waals surface area contributed by atoms with Crippen molar-refractivity contribution in [2.75, 3.05) is 32.8 Å². The summed E-state index contributed by atoms with van der Waals surface area (Å²) < 4.78 is 5.61. The summed E-state index contributed by atoms with van der Waals surface area (Å²) in [6, 6.07) is 0. The number of rotatable bonds is 9. The molecular weight excluding hydrogens is 550 g/mol. The van der Waals surface area contributed by atoms with Crippen LogP contribution in [0.1, 0.15) is 81.1 Å². The Bertz CT molecular complexity index is 1140. The smallest absolute Gasteiger partial charge is 0.414 e. The van der Waals surface area contributed by atoms with Crippen LogP contribution in [0.2, 0.25) is 0 Å². The molecule has 0 saturated carbocycles. The number of aliphatic carboxylic acids is 1. The molecule has 42 heavy (non-hydrogen) atoms. The second-order valence-electron chi connectivity index (χ2n) is 10.8. The van der Waals surface area contributed by atoms with E-state index in [0.29, 0.717) is 36.6 Å². The van der Waals surface area contributed by atoms with Gasteiger partial charge in [0.15, 0.2) is 0 Å². The van der Waals surface area contributed by atoms with Gasteiger partial charge in [0.25, 0.3) is 0 Å². The van der Waals surface area contributed by atoms with Crippen molar-refractivity contribution in [1.82, 2.24) is 9.80 Å². The summed E-state index contributed by atoms with van der Waals surface area (Å²) in [6.07, 6.45) is 11.7. The first-order valence-corrected chi connectivity index (χ1v) is 15.6. The molecule has 1 unspecified atom stereocenters. The van der Waals surface area contributed by atoms with E-state index in [0.717, 1.165) is 49.5 Å². The van der Waals surface area contributed by atoms with Gasteiger partial charge in [0, 0.05) is 40.5 Å². The Balaban J connectivity index is 0.00000211. The van der Waals surface area contributed by atoms with Crippen LogP contribution in [0.15, 0.2) is 70.0 Å². The van der Waals surface area contributed by atoms with Gasteiger partial charge >= 0.3 is 12.1 Å². The fourth-order valence-corrected chi connectivity index (χ4v) is 5.33. The number of carboxylic acid groups (broad SMARTS) is 1. The molecule has 0 bridgehead atoms. The van der Waals surface area contributed by atoms with Gasteiger partial charge in [-0.3, -0.25) is 9.80 Å². The number of carbonyl (C=O) groups excluding carboxylic acids is 1. The predicted octanol–water partition coefficient (Wildman–Crippen LogP) is 8.51. The van der Waals surface area contributed by atoms with Crippen molar-refractivity contribution >= 4 is 29.4 Å². The van der Waals surface area contributed by atoms with Gasteiger partial charge in [-0.05, 0) is 93.5 Å². The predicted molar refractivity (Wildman–Crippen MR) is 175 cm³/mol. The highest BCUT2D eigenvalue weighted by Gasteiger charge is 2.43. The Kier molecular flexibility index (Phi) is 15.8. The third-order valence-electron chi connectivity index (χ3n) is 7.74. The Morgan fingerprint density at radius 1 is 1.19 bits per heavy atom. The van der Waals surface area contributed by atoms with Crippen molar-refractivity contribution in [2.45, 2.75) is 81.1 Å². The third-order valence-corrected chi connectivity index (χ3v) is 8.22. The first kappa shape index (κ1) is 37.1. The summed E-state index contributed by atoms with van der Waals surface area (Å²) in [5, 5.41) is 17.8. The number of allylic oxidation sites excluding steroid dienone is 8. The minimum absolute atomic E-state index is 0.136. The molecule has 1 atom stereocenters. The van der Waals surface area contributed by atoms with Gasteiger partial charge in [-0.25, -0.2) is 9.59 Å². The Morgan fingerprint density at radius 2 is 1.81 bits per heavy atom. The third kappa shape index (κ3) is 10.4. The summed E-state index contributed by atoms with van der Waals surface area (Å²) in [6.45, 7) is 23.2. The Labute approximate surface area is 258 Å². The molecule has 234 valence electrons. The molecule has 1 spiro atoms. The van der Waals surface area contributed by atoms with Gasteiger partial charge < -0.3 is 15.3 Å². The maximum absolute atomic E-state index is 12.6. The number of nitrogens with one attached hydrogen (secondary N) is 1. The fourth-order valence-electron chi connectivity index (χ4n) is 5.12. The van der Waals surface area contributed by atoms with Crippen LogP contribution in [0, 0.1) is 16.7 Å². The number of nitrogens with zero attached hydrogens (tertiary/aromatic N) is 2. The highest BCUT2D eigenvalue weighted by Crippen LogP contribution is 2.39. The average molecular weight is 602 g/mol. The highest BCUT2D eigenvalue weighted by atomic mass is 35.5. The zero-order chi connectivity index (χ0) is 32.0. The number of carboxylic acids is 1. The first-order valence-electron chi connectivity index (χ1n) is 15.2. The number of ether oxygens (including phenoxy) is 1. The number of amides is 1. The highest BCUT2D eigenvalue weighted by molar-refractivity contribution is 6.30. The number of carbonyl (C=O) groups is 2. The molecule has 3 rings (SSSR count). The van der Waals surface area contributed by atoms with Crippen LogP contribution in [0.25, 0.3) is 0 Å². The SMILES string of the molecule is C=C(/C=C\C(C)=N)C1=C(CN2CCC3(CC2)COC(=O)N(/C(C)=C/C=C(\CC)C(=O)O)C3)C=C(Cl)C(C)C1.CC.CC. The molecule has 7 nitrogen and oxygen atoms in total. The lowest BCUT2D eigenvalue weighted by molar-refractivity contribution is -0.132. The van der Waals surface area contributed by atoms with E-state index in [2.05, 4.69) is 24.5 Å². The zero-order valence-electron chi connectivity index (χ0n) is 27.0. The van der Waals surface area contributed by atoms with Crippen molar-refractivity contribution in [1.29, 1.82) is 5.41 Å². The lowest BCUT2D eigenvalue weighted by Crippen LogP contribution is -2.54. The van der Waals surface area contributed by atoms with E-state index >= 15 is 0 Å². The van der Waals surface area contributed by atoms with E-state index in [9.17, 15) is 14.7 Å². The van der Waals surface area contributed by atoms with E-state index in [-0.39, 0.29) is 17.4 Å². The van der Waals surface area contributed by atoms with Gasteiger partial charge in [-0.15, -0.1) is 0 Å². The van der Waals surface area contributed by atoms with Crippen molar-refractivity contribution in [3.8, 4) is 0 Å². The molecule has 2 saturated heterocycles. The van der Waals surface area contributed by atoms with Crippen LogP contribution in [0.3, 0.4) is 0 Å². The Hall–Kier alpha value is -2.90. The van der Waals surface area contributed by atoms with Crippen LogP contribution in [-0.2, 0) is 9.53 Å². The normalized spacial score (nSPS) is 21.2. The number of likely N-dealkylation sites (tertiary alicyclic amines) is 1. The summed E-state index contributed by atoms with van der Waals surface area (Å²) in [4.78, 5) is 27.9. The van der Waals surface area contributed by atoms with Crippen LogP contribution in [0.4, 0.5) is 4.79 Å². The van der Waals surface area contributed by atoms with E-state index in [4.69, 9.17) is 21.7 Å². The van der Waals surface area contributed by atoms with E-state index < -0.39 is 5.97 Å². The van der Waals surface area contributed by atoms with Crippen molar-refractivity contribution in [3.63, 3.8) is 0 Å². The lowest BCUT2D eigenvalue weighted by atomic mass is 9.77. The quantitative estimate of drug-likeness (QED) is 0.157. The first-order chi connectivity index (χ1) is 19.9. The van der Waals surface area contributed by atoms with Crippen LogP contribution in [-0.4, -0.2) is 65.5 Å². The second kappa shape index (κ2) is 17.9. The summed E-state index contributed by atoms with van der Waals surface area (Å²) in [5.41, 5.74) is 4.62. The van der Waals surface area contributed by atoms with Gasteiger partial charge in [0.2, 0.25) is 0 Å². The number of cyclic esters (lactones) is 1. The van der Waals surface area contributed by atoms with Crippen LogP contribution >= 0.6 is 11.6 Å². The molecule has 0 aromatic rings. The van der Waals surface area contributed by atoms with Crippen molar-refractivity contribution < 1.29 is 19.4 Å². The molecule has 1 amide bonds. The number of hydrogen-bond donors (Lipinski definition) is 2. The van der Waals surface area contributed by atoms with E-state index in [1.165, 1.54) is 11.1 Å². The minimum atomic E-state index is -0.951. The number of hydrogen-bond acceptors (Lipinski definition) is 5. The molecule has 1 aliphatic carbocycles. The van der Waals surface area contributed by atoms with Gasteiger partial charge in [-0.2, -0.15) is 0 Å². The topological polar surface area (TPSA) is 93.9 Å². The second-order valence-corrected chi connectivity index (χ2v) is 11.2. The van der Waals surface area contributed by atoms with E-state index in [1.807, 2.05) is 40.7 Å². The molecule has 0 aromatic heterocycles. The zero-order valence-corrected chi connectivity index (χ0v) is 27.7. The van der Waals surface area contributed by atoms with Gasteiger partial charge in [-0.1, -0.05) is 71.9 Å². The van der Waals surface area contributed by atoms with E-state index in [1.54, 1.807) is 37.0 Å². The molecule has 2 aliphatic heterocycles. The lowest BCUT2D eigenvalue weighted by Gasteiger charge is -2.47. The largest absolute Gasteiger partial charge is 0.478 e. The molecule has 2 fully saturated rings. The maximum Gasteiger partial charge on any atom is 0.414 e. The standard InChI is InChI=1S/C30H40ClN3O4.2C2H6/c1-6-24(28(35)36)10-9-23(5)34-18-30(19-38-29(34)37)11-13-33(14-12-30)17-25-16-27(31)21(3)15-26(25)20(2)7-8-22(4)32;2*1-2/h7-10,16,21,32H,2,6,11-15,17-19H2,1,3-5H3,(H,35,36);2*1-2H3/b8-7-,23-9+,24-10+,32-22?;;. The number of piperidine rings is 1. The van der Waals surface area contributed by atoms with Crippen LogP contribution < -0.4 is 0 Å². The molecule has 2 N–H and O–H groups in total. The minimum Gasteiger partial charge on any atom is -0.478 e.